The van der Waals surface area contributed by atoms with Crippen LogP contribution in [0.15, 0.2) is 0 Å². The Morgan fingerprint density at radius 2 is 0.500 bits per heavy atom. The minimum Gasteiger partial charge on any atom is -0.377 e. The lowest BCUT2D eigenvalue weighted by Crippen LogP contribution is -2.34. The van der Waals surface area contributed by atoms with Crippen LogP contribution in [0.25, 0.3) is 0 Å². The molecule has 2 N–H and O–H groups in total. The predicted molar refractivity (Wildman–Crippen MR) is 83.1 cm³/mol. The molecule has 0 aromatic heterocycles. The first-order valence-corrected chi connectivity index (χ1v) is 8.20. The summed E-state index contributed by atoms with van der Waals surface area (Å²) in [5, 5.41) is 0. The Kier molecular flexibility index (Phi) is 17.1. The van der Waals surface area contributed by atoms with E-state index in [1.54, 1.807) is 0 Å². The van der Waals surface area contributed by atoms with Crippen molar-refractivity contribution in [2.24, 2.45) is 0 Å². The summed E-state index contributed by atoms with van der Waals surface area (Å²) in [6, 6.07) is 0. The summed E-state index contributed by atoms with van der Waals surface area (Å²) < 4.78 is 32.1. The van der Waals surface area contributed by atoms with Gasteiger partial charge in [0, 0.05) is 0 Å². The second kappa shape index (κ2) is 18.9. The summed E-state index contributed by atoms with van der Waals surface area (Å²) in [5.74, 6) is 0. The fraction of sp³-hybridized carbons (Fsp3) is 1.00. The highest BCUT2D eigenvalue weighted by Gasteiger charge is 1.95. The van der Waals surface area contributed by atoms with Gasteiger partial charge in [-0.2, -0.15) is 0 Å². The van der Waals surface area contributed by atoms with E-state index in [2.05, 4.69) is 11.2 Å². The van der Waals surface area contributed by atoms with Crippen molar-refractivity contribution in [3.63, 3.8) is 0 Å². The lowest BCUT2D eigenvalue weighted by Gasteiger charge is -2.10. The van der Waals surface area contributed by atoms with Crippen LogP contribution < -0.4 is 11.2 Å². The van der Waals surface area contributed by atoms with Gasteiger partial charge in [-0.3, -0.25) is 9.68 Å². The number of rotatable bonds is 0. The van der Waals surface area contributed by atoms with E-state index >= 15 is 0 Å². The molecule has 1 fully saturated rings. The summed E-state index contributed by atoms with van der Waals surface area (Å²) in [4.78, 5) is 10.1. The lowest BCUT2D eigenvalue weighted by atomic mass is 10.6. The van der Waals surface area contributed by atoms with Crippen molar-refractivity contribution in [3.05, 3.63) is 0 Å². The molecule has 144 valence electrons. The maximum absolute atomic E-state index is 5.37. The highest BCUT2D eigenvalue weighted by Crippen LogP contribution is 1.85. The van der Waals surface area contributed by atoms with Gasteiger partial charge >= 0.3 is 0 Å². The molecule has 0 unspecified atom stereocenters. The van der Waals surface area contributed by atoms with Crippen LogP contribution >= 0.6 is 0 Å². The molecule has 1 heterocycles. The largest absolute Gasteiger partial charge is 0.377 e. The molecule has 0 aliphatic carbocycles. The second-order valence-corrected chi connectivity index (χ2v) is 4.58. The highest BCUT2D eigenvalue weighted by molar-refractivity contribution is 4.37. The fourth-order valence-corrected chi connectivity index (χ4v) is 1.56. The molecule has 1 rings (SSSR count). The van der Waals surface area contributed by atoms with Gasteiger partial charge in [-0.25, -0.2) is 0 Å². The molecule has 1 aliphatic rings. The number of hydrazine groups is 1. The minimum atomic E-state index is 0.382. The molecule has 0 spiro atoms. The number of hydrogen-bond donors (Lipinski definition) is 2. The van der Waals surface area contributed by atoms with Gasteiger partial charge in [0.2, 0.25) is 0 Å². The Hall–Kier alpha value is -0.400. The van der Waals surface area contributed by atoms with Gasteiger partial charge in [-0.1, -0.05) is 0 Å². The van der Waals surface area contributed by atoms with E-state index < -0.39 is 0 Å². The third-order valence-electron chi connectivity index (χ3n) is 2.71. The average Bonchev–Trinajstić information content (AvgIpc) is 2.59. The molecule has 0 aromatic carbocycles. The normalized spacial score (nSPS) is 24.0. The first kappa shape index (κ1) is 21.6. The van der Waals surface area contributed by atoms with Gasteiger partial charge in [-0.05, 0) is 0 Å². The van der Waals surface area contributed by atoms with Crippen molar-refractivity contribution in [2.75, 3.05) is 92.5 Å². The monoisotopic (exact) mass is 354 g/mol. The zero-order chi connectivity index (χ0) is 17.0. The minimum absolute atomic E-state index is 0.382. The van der Waals surface area contributed by atoms with Crippen LogP contribution in [-0.4, -0.2) is 92.5 Å². The van der Waals surface area contributed by atoms with Crippen LogP contribution in [-0.2, 0) is 38.1 Å². The van der Waals surface area contributed by atoms with Crippen molar-refractivity contribution < 1.29 is 38.1 Å². The Labute approximate surface area is 142 Å². The molecule has 1 saturated heterocycles. The average molecular weight is 354 g/mol. The van der Waals surface area contributed by atoms with Crippen LogP contribution in [0, 0.1) is 0 Å². The van der Waals surface area contributed by atoms with Crippen LogP contribution in [0.5, 0.6) is 0 Å². The van der Waals surface area contributed by atoms with E-state index in [1.165, 1.54) is 0 Å². The lowest BCUT2D eigenvalue weighted by molar-refractivity contribution is -0.128. The van der Waals surface area contributed by atoms with E-state index in [9.17, 15) is 0 Å². The van der Waals surface area contributed by atoms with Gasteiger partial charge < -0.3 is 28.4 Å². The van der Waals surface area contributed by atoms with Crippen molar-refractivity contribution in [1.82, 2.24) is 11.2 Å². The molecule has 0 bridgehead atoms. The summed E-state index contributed by atoms with van der Waals surface area (Å²) in [6.07, 6.45) is 0. The van der Waals surface area contributed by atoms with Crippen LogP contribution in [0.2, 0.25) is 0 Å². The molecule has 0 atom stereocenters. The van der Waals surface area contributed by atoms with E-state index in [1.807, 2.05) is 0 Å². The third kappa shape index (κ3) is 16.5. The van der Waals surface area contributed by atoms with Crippen molar-refractivity contribution in [1.29, 1.82) is 0 Å². The van der Waals surface area contributed by atoms with Gasteiger partial charge in [0.15, 0.2) is 0 Å². The number of nitrogens with one attached hydrogen (secondary N) is 2. The van der Waals surface area contributed by atoms with Gasteiger partial charge in [0.25, 0.3) is 0 Å². The zero-order valence-electron chi connectivity index (χ0n) is 14.2. The summed E-state index contributed by atoms with van der Waals surface area (Å²) in [6.45, 7) is 6.95. The number of ether oxygens (including phenoxy) is 6. The molecule has 0 saturated carbocycles. The third-order valence-corrected chi connectivity index (χ3v) is 2.71. The van der Waals surface area contributed by atoms with E-state index in [0.717, 1.165) is 0 Å². The SMILES string of the molecule is C1COCCOCCOCCONNOCCOCCOCCO1. The molecule has 24 heavy (non-hydrogen) atoms. The van der Waals surface area contributed by atoms with Crippen molar-refractivity contribution >= 4 is 0 Å². The van der Waals surface area contributed by atoms with E-state index in [0.29, 0.717) is 92.5 Å². The van der Waals surface area contributed by atoms with E-state index in [-0.39, 0.29) is 0 Å². The fourth-order valence-electron chi connectivity index (χ4n) is 1.56. The smallest absolute Gasteiger partial charge is 0.0933 e. The standard InChI is InChI=1S/C14H30N2O8/c1-2-18-4-6-20-8-10-22-12-14-24-16-15-23-13-11-21-9-7-19-5-3-17-1/h15-16H,1-14H2. The first-order valence-electron chi connectivity index (χ1n) is 8.20. The maximum atomic E-state index is 5.37. The molecule has 1 aliphatic heterocycles. The Morgan fingerprint density at radius 1 is 0.292 bits per heavy atom. The van der Waals surface area contributed by atoms with Crippen molar-refractivity contribution in [3.8, 4) is 0 Å². The molecular weight excluding hydrogens is 324 g/mol. The molecule has 0 aromatic rings. The first-order chi connectivity index (χ1) is 12.0. The Bertz CT molecular complexity index is 141. The molecule has 0 amide bonds. The topological polar surface area (TPSA) is 97.9 Å². The van der Waals surface area contributed by atoms with Crippen LogP contribution in [0.1, 0.15) is 0 Å². The molecule has 10 heteroatoms. The molecule has 0 radical (unpaired) electrons. The quantitative estimate of drug-likeness (QED) is 0.567. The summed E-state index contributed by atoms with van der Waals surface area (Å²) in [5.41, 5.74) is 4.88. The highest BCUT2D eigenvalue weighted by atomic mass is 16.8. The summed E-state index contributed by atoms with van der Waals surface area (Å²) >= 11 is 0. The molecular formula is C14H30N2O8. The Balaban J connectivity index is 2.00. The van der Waals surface area contributed by atoms with Gasteiger partial charge in [0.05, 0.1) is 92.5 Å². The van der Waals surface area contributed by atoms with Gasteiger partial charge in [-0.15, -0.1) is 11.2 Å². The van der Waals surface area contributed by atoms with Gasteiger partial charge in [0.1, 0.15) is 0 Å². The predicted octanol–water partition coefficient (Wildman–Crippen LogP) is -0.943. The zero-order valence-corrected chi connectivity index (χ0v) is 14.2. The van der Waals surface area contributed by atoms with Crippen LogP contribution in [0.3, 0.4) is 0 Å². The summed E-state index contributed by atoms with van der Waals surface area (Å²) in [7, 11) is 0. The Morgan fingerprint density at radius 3 is 0.750 bits per heavy atom. The molecule has 10 nitrogen and oxygen atoms in total. The number of hydrogen-bond acceptors (Lipinski definition) is 10. The van der Waals surface area contributed by atoms with Crippen molar-refractivity contribution in [2.45, 2.75) is 0 Å². The second-order valence-electron chi connectivity index (χ2n) is 4.58. The van der Waals surface area contributed by atoms with E-state index in [4.69, 9.17) is 38.1 Å². The van der Waals surface area contributed by atoms with Crippen LogP contribution in [0.4, 0.5) is 0 Å². The maximum Gasteiger partial charge on any atom is 0.0933 e.